The number of hydrogen-bond donors (Lipinski definition) is 1. The van der Waals surface area contributed by atoms with Gasteiger partial charge in [-0.1, -0.05) is 19.9 Å². The van der Waals surface area contributed by atoms with E-state index in [9.17, 15) is 16.8 Å². The summed E-state index contributed by atoms with van der Waals surface area (Å²) >= 11 is 0. The Morgan fingerprint density at radius 2 is 1.81 bits per heavy atom. The molecule has 1 aromatic carbocycles. The summed E-state index contributed by atoms with van der Waals surface area (Å²) in [5, 5.41) is 0. The number of nitrogens with one attached hydrogen (secondary N) is 1. The zero-order chi connectivity index (χ0) is 16.1. The molecule has 1 rings (SSSR count). The van der Waals surface area contributed by atoms with Crippen LogP contribution in [-0.4, -0.2) is 36.6 Å². The molecule has 0 saturated carbocycles. The highest BCUT2D eigenvalue weighted by Crippen LogP contribution is 2.18. The van der Waals surface area contributed by atoms with Crippen LogP contribution in [0.25, 0.3) is 0 Å². The molecule has 0 atom stereocenters. The molecule has 0 saturated heterocycles. The van der Waals surface area contributed by atoms with Gasteiger partial charge in [0.2, 0.25) is 10.0 Å². The van der Waals surface area contributed by atoms with Crippen molar-refractivity contribution in [1.82, 2.24) is 4.72 Å². The lowest BCUT2D eigenvalue weighted by atomic mass is 10.2. The Balaban J connectivity index is 2.71. The first-order chi connectivity index (χ1) is 9.63. The highest BCUT2D eigenvalue weighted by Gasteiger charge is 2.17. The quantitative estimate of drug-likeness (QED) is 0.564. The van der Waals surface area contributed by atoms with Crippen LogP contribution in [0, 0.1) is 5.92 Å². The molecule has 0 fully saturated rings. The maximum atomic E-state index is 12.0. The fourth-order valence-electron chi connectivity index (χ4n) is 1.44. The van der Waals surface area contributed by atoms with Gasteiger partial charge in [0.1, 0.15) is 0 Å². The highest BCUT2D eigenvalue weighted by atomic mass is 35.7. The average Bonchev–Trinajstić information content (AvgIpc) is 2.37. The summed E-state index contributed by atoms with van der Waals surface area (Å²) in [6, 6.07) is 4.86. The first-order valence-corrected chi connectivity index (χ1v) is 10.0. The summed E-state index contributed by atoms with van der Waals surface area (Å²) in [4.78, 5) is -0.420. The molecule has 0 aromatic heterocycles. The molecule has 9 heteroatoms. The number of ether oxygens (including phenoxy) is 1. The molecule has 21 heavy (non-hydrogen) atoms. The number of sulfonamides is 1. The normalized spacial score (nSPS) is 12.8. The van der Waals surface area contributed by atoms with Gasteiger partial charge in [-0.15, -0.1) is 0 Å². The van der Waals surface area contributed by atoms with E-state index in [1.54, 1.807) is 0 Å². The van der Waals surface area contributed by atoms with Crippen LogP contribution in [0.2, 0.25) is 0 Å². The molecular weight excluding hydrogens is 338 g/mol. The highest BCUT2D eigenvalue weighted by molar-refractivity contribution is 8.13. The first kappa shape index (κ1) is 18.4. The number of halogens is 1. The molecule has 0 unspecified atom stereocenters. The summed E-state index contributed by atoms with van der Waals surface area (Å²) in [5.74, 6) is 0.368. The van der Waals surface area contributed by atoms with Gasteiger partial charge in [0, 0.05) is 23.8 Å². The van der Waals surface area contributed by atoms with Crippen molar-refractivity contribution in [2.45, 2.75) is 23.6 Å². The van der Waals surface area contributed by atoms with E-state index in [0.29, 0.717) is 12.5 Å². The predicted molar refractivity (Wildman–Crippen MR) is 80.3 cm³/mol. The zero-order valence-electron chi connectivity index (χ0n) is 11.7. The Hall–Kier alpha value is -0.670. The van der Waals surface area contributed by atoms with Gasteiger partial charge in [-0.2, -0.15) is 0 Å². The minimum Gasteiger partial charge on any atom is -0.380 e. The third-order valence-corrected chi connectivity index (χ3v) is 5.20. The van der Waals surface area contributed by atoms with E-state index in [1.807, 2.05) is 13.8 Å². The SMILES string of the molecule is CC(C)COCCNS(=O)(=O)c1cccc(S(=O)(=O)Cl)c1. The fraction of sp³-hybridized carbons (Fsp3) is 0.500. The molecule has 0 aliphatic carbocycles. The molecule has 1 N–H and O–H groups in total. The van der Waals surface area contributed by atoms with Gasteiger partial charge >= 0.3 is 0 Å². The molecule has 0 aliphatic rings. The van der Waals surface area contributed by atoms with Crippen LogP contribution < -0.4 is 4.72 Å². The van der Waals surface area contributed by atoms with Crippen molar-refractivity contribution in [2.24, 2.45) is 5.92 Å². The van der Waals surface area contributed by atoms with Crippen molar-refractivity contribution in [3.8, 4) is 0 Å². The molecule has 0 aliphatic heterocycles. The summed E-state index contributed by atoms with van der Waals surface area (Å²) in [6.07, 6.45) is 0. The Morgan fingerprint density at radius 3 is 2.38 bits per heavy atom. The molecule has 1 aromatic rings. The third-order valence-electron chi connectivity index (χ3n) is 2.39. The smallest absolute Gasteiger partial charge is 0.261 e. The lowest BCUT2D eigenvalue weighted by Crippen LogP contribution is -2.28. The van der Waals surface area contributed by atoms with Crippen LogP contribution in [0.5, 0.6) is 0 Å². The molecule has 0 amide bonds. The molecule has 0 bridgehead atoms. The van der Waals surface area contributed by atoms with E-state index < -0.39 is 19.1 Å². The maximum Gasteiger partial charge on any atom is 0.261 e. The van der Waals surface area contributed by atoms with E-state index in [1.165, 1.54) is 18.2 Å². The molecule has 0 radical (unpaired) electrons. The number of benzene rings is 1. The Labute approximate surface area is 129 Å². The fourth-order valence-corrected chi connectivity index (χ4v) is 3.37. The second kappa shape index (κ2) is 7.55. The first-order valence-electron chi connectivity index (χ1n) is 6.25. The second-order valence-corrected chi connectivity index (χ2v) is 9.11. The second-order valence-electron chi connectivity index (χ2n) is 4.78. The summed E-state index contributed by atoms with van der Waals surface area (Å²) in [5.41, 5.74) is 0. The predicted octanol–water partition coefficient (Wildman–Crippen LogP) is 1.57. The van der Waals surface area contributed by atoms with Crippen LogP contribution in [0.4, 0.5) is 0 Å². The standard InChI is InChI=1S/C12H18ClNO5S2/c1-10(2)9-19-7-6-14-21(17,18)12-5-3-4-11(8-12)20(13,15)16/h3-5,8,10,14H,6-7,9H2,1-2H3. The largest absolute Gasteiger partial charge is 0.380 e. The zero-order valence-corrected chi connectivity index (χ0v) is 14.1. The molecule has 6 nitrogen and oxygen atoms in total. The molecule has 120 valence electrons. The van der Waals surface area contributed by atoms with E-state index >= 15 is 0 Å². The van der Waals surface area contributed by atoms with Crippen LogP contribution in [0.3, 0.4) is 0 Å². The lowest BCUT2D eigenvalue weighted by Gasteiger charge is -2.09. The minimum atomic E-state index is -3.97. The van der Waals surface area contributed by atoms with Gasteiger partial charge in [-0.25, -0.2) is 21.6 Å². The van der Waals surface area contributed by atoms with Gasteiger partial charge in [0.05, 0.1) is 16.4 Å². The Morgan fingerprint density at radius 1 is 1.19 bits per heavy atom. The maximum absolute atomic E-state index is 12.0. The van der Waals surface area contributed by atoms with Gasteiger partial charge in [0.15, 0.2) is 0 Å². The van der Waals surface area contributed by atoms with Crippen molar-refractivity contribution in [3.63, 3.8) is 0 Å². The van der Waals surface area contributed by atoms with Crippen molar-refractivity contribution in [2.75, 3.05) is 19.8 Å². The topological polar surface area (TPSA) is 89.5 Å². The van der Waals surface area contributed by atoms with Gasteiger partial charge in [0.25, 0.3) is 9.05 Å². The molecule has 0 heterocycles. The van der Waals surface area contributed by atoms with Crippen molar-refractivity contribution >= 4 is 29.8 Å². The van der Waals surface area contributed by atoms with Crippen LogP contribution in [0.1, 0.15) is 13.8 Å². The van der Waals surface area contributed by atoms with Crippen LogP contribution in [0.15, 0.2) is 34.1 Å². The van der Waals surface area contributed by atoms with Gasteiger partial charge in [-0.3, -0.25) is 0 Å². The van der Waals surface area contributed by atoms with Crippen molar-refractivity contribution in [3.05, 3.63) is 24.3 Å². The van der Waals surface area contributed by atoms with E-state index in [2.05, 4.69) is 4.72 Å². The molecule has 0 spiro atoms. The van der Waals surface area contributed by atoms with E-state index in [0.717, 1.165) is 6.07 Å². The number of hydrogen-bond acceptors (Lipinski definition) is 5. The lowest BCUT2D eigenvalue weighted by molar-refractivity contribution is 0.114. The van der Waals surface area contributed by atoms with Crippen molar-refractivity contribution < 1.29 is 21.6 Å². The van der Waals surface area contributed by atoms with E-state index in [4.69, 9.17) is 15.4 Å². The van der Waals surface area contributed by atoms with Gasteiger partial charge < -0.3 is 4.74 Å². The van der Waals surface area contributed by atoms with Crippen LogP contribution in [-0.2, 0) is 23.8 Å². The van der Waals surface area contributed by atoms with Crippen molar-refractivity contribution in [1.29, 1.82) is 0 Å². The Kier molecular flexibility index (Phi) is 6.61. The minimum absolute atomic E-state index is 0.104. The summed E-state index contributed by atoms with van der Waals surface area (Å²) < 4.78 is 54.0. The third kappa shape index (κ3) is 6.31. The monoisotopic (exact) mass is 355 g/mol. The number of rotatable bonds is 8. The Bertz CT molecular complexity index is 671. The van der Waals surface area contributed by atoms with Crippen LogP contribution >= 0.6 is 10.7 Å². The van der Waals surface area contributed by atoms with Gasteiger partial charge in [-0.05, 0) is 24.1 Å². The summed E-state index contributed by atoms with van der Waals surface area (Å²) in [7, 11) is -2.57. The van der Waals surface area contributed by atoms with E-state index in [-0.39, 0.29) is 22.9 Å². The molecular formula is C12H18ClNO5S2. The summed E-state index contributed by atoms with van der Waals surface area (Å²) in [6.45, 7) is 4.87. The average molecular weight is 356 g/mol.